The average Bonchev–Trinajstić information content (AvgIpc) is 2.36. The molecule has 0 fully saturated rings. The van der Waals surface area contributed by atoms with Gasteiger partial charge in [0.05, 0.1) is 23.5 Å². The van der Waals surface area contributed by atoms with Crippen molar-refractivity contribution in [3.63, 3.8) is 0 Å². The van der Waals surface area contributed by atoms with Crippen LogP contribution in [0.15, 0.2) is 33.3 Å². The number of aromatic nitrogens is 2. The third-order valence-electron chi connectivity index (χ3n) is 2.08. The van der Waals surface area contributed by atoms with Crippen LogP contribution in [0.2, 0.25) is 0 Å². The summed E-state index contributed by atoms with van der Waals surface area (Å²) in [6.45, 7) is 0. The maximum absolute atomic E-state index is 13.5. The molecule has 1 aromatic carbocycles. The summed E-state index contributed by atoms with van der Waals surface area (Å²) < 4.78 is 20.0. The number of rotatable bonds is 3. The lowest BCUT2D eigenvalue weighted by Crippen LogP contribution is -2.01. The summed E-state index contributed by atoms with van der Waals surface area (Å²) in [7, 11) is 1.50. The second-order valence-corrected chi connectivity index (χ2v) is 5.07. The number of nitrogens with one attached hydrogen (secondary N) is 1. The zero-order valence-electron chi connectivity index (χ0n) is 9.25. The number of nitrogens with zero attached hydrogens (tertiary/aromatic N) is 2. The van der Waals surface area contributed by atoms with Crippen molar-refractivity contribution in [1.29, 1.82) is 0 Å². The van der Waals surface area contributed by atoms with Crippen LogP contribution >= 0.6 is 31.9 Å². The fraction of sp³-hybridized carbons (Fsp3) is 0.0909. The molecule has 0 aliphatic heterocycles. The minimum Gasteiger partial charge on any atom is -0.480 e. The zero-order chi connectivity index (χ0) is 13.1. The summed E-state index contributed by atoms with van der Waals surface area (Å²) in [4.78, 5) is 8.11. The Labute approximate surface area is 120 Å². The highest BCUT2D eigenvalue weighted by Gasteiger charge is 2.08. The highest BCUT2D eigenvalue weighted by atomic mass is 79.9. The summed E-state index contributed by atoms with van der Waals surface area (Å²) in [6.07, 6.45) is 1.53. The molecule has 0 saturated heterocycles. The first-order valence-electron chi connectivity index (χ1n) is 4.89. The molecule has 4 nitrogen and oxygen atoms in total. The second kappa shape index (κ2) is 5.62. The number of hydrogen-bond donors (Lipinski definition) is 1. The Morgan fingerprint density at radius 2 is 2.11 bits per heavy atom. The quantitative estimate of drug-likeness (QED) is 0.882. The van der Waals surface area contributed by atoms with E-state index in [1.165, 1.54) is 19.4 Å². The first kappa shape index (κ1) is 13.2. The van der Waals surface area contributed by atoms with Gasteiger partial charge in [0.1, 0.15) is 5.82 Å². The van der Waals surface area contributed by atoms with Gasteiger partial charge in [-0.15, -0.1) is 0 Å². The minimum atomic E-state index is -0.385. The highest BCUT2D eigenvalue weighted by Crippen LogP contribution is 2.25. The van der Waals surface area contributed by atoms with E-state index >= 15 is 0 Å². The molecule has 2 rings (SSSR count). The average molecular weight is 377 g/mol. The predicted octanol–water partition coefficient (Wildman–Crippen LogP) is 3.89. The van der Waals surface area contributed by atoms with Gasteiger partial charge in [-0.1, -0.05) is 15.9 Å². The molecule has 0 aliphatic rings. The van der Waals surface area contributed by atoms with Gasteiger partial charge in [0.25, 0.3) is 0 Å². The molecule has 0 aliphatic carbocycles. The second-order valence-electron chi connectivity index (χ2n) is 3.30. The van der Waals surface area contributed by atoms with Crippen molar-refractivity contribution in [2.45, 2.75) is 0 Å². The van der Waals surface area contributed by atoms with E-state index in [2.05, 4.69) is 47.1 Å². The van der Waals surface area contributed by atoms with Gasteiger partial charge in [-0.25, -0.2) is 9.37 Å². The Balaban J connectivity index is 2.31. The van der Waals surface area contributed by atoms with Crippen LogP contribution in [0.1, 0.15) is 0 Å². The molecular formula is C11H8Br2FN3O. The van der Waals surface area contributed by atoms with Crippen LogP contribution in [-0.2, 0) is 0 Å². The maximum Gasteiger partial charge on any atom is 0.232 e. The fourth-order valence-corrected chi connectivity index (χ4v) is 1.98. The summed E-state index contributed by atoms with van der Waals surface area (Å²) in [5.74, 6) is 0.249. The first-order valence-corrected chi connectivity index (χ1v) is 6.47. The molecular weight excluding hydrogens is 369 g/mol. The summed E-state index contributed by atoms with van der Waals surface area (Å²) >= 11 is 6.51. The van der Waals surface area contributed by atoms with Crippen molar-refractivity contribution in [2.24, 2.45) is 0 Å². The van der Waals surface area contributed by atoms with Gasteiger partial charge >= 0.3 is 0 Å². The molecule has 0 spiro atoms. The van der Waals surface area contributed by atoms with Crippen LogP contribution in [-0.4, -0.2) is 17.1 Å². The molecule has 0 atom stereocenters. The van der Waals surface area contributed by atoms with Crippen LogP contribution in [0.25, 0.3) is 0 Å². The first-order chi connectivity index (χ1) is 8.60. The molecule has 1 N–H and O–H groups in total. The van der Waals surface area contributed by atoms with Gasteiger partial charge in [-0.3, -0.25) is 0 Å². The van der Waals surface area contributed by atoms with E-state index in [9.17, 15) is 4.39 Å². The number of benzene rings is 1. The topological polar surface area (TPSA) is 47.0 Å². The van der Waals surface area contributed by atoms with Crippen molar-refractivity contribution < 1.29 is 9.13 Å². The van der Waals surface area contributed by atoms with E-state index < -0.39 is 0 Å². The standard InChI is InChI=1S/C11H8Br2FN3O/c1-18-10-7(13)5-15-11(17-10)16-9-4-6(12)2-3-8(9)14/h2-5H,1H3,(H,15,16,17). The molecule has 1 aromatic heterocycles. The molecule has 0 bridgehead atoms. The largest absolute Gasteiger partial charge is 0.480 e. The Bertz CT molecular complexity index is 580. The molecule has 0 amide bonds. The Kier molecular flexibility index (Phi) is 4.13. The maximum atomic E-state index is 13.5. The zero-order valence-corrected chi connectivity index (χ0v) is 12.4. The van der Waals surface area contributed by atoms with Crippen LogP contribution in [0.4, 0.5) is 16.0 Å². The molecule has 18 heavy (non-hydrogen) atoms. The Morgan fingerprint density at radius 3 is 2.83 bits per heavy atom. The third kappa shape index (κ3) is 2.97. The van der Waals surface area contributed by atoms with E-state index in [1.807, 2.05) is 0 Å². The number of anilines is 2. The summed E-state index contributed by atoms with van der Waals surface area (Å²) in [5.41, 5.74) is 0.286. The monoisotopic (exact) mass is 375 g/mol. The number of halogens is 3. The van der Waals surface area contributed by atoms with Gasteiger partial charge in [0.15, 0.2) is 0 Å². The SMILES string of the molecule is COc1nc(Nc2cc(Br)ccc2F)ncc1Br. The summed E-state index contributed by atoms with van der Waals surface area (Å²) in [6, 6.07) is 4.57. The van der Waals surface area contributed by atoms with Crippen molar-refractivity contribution in [2.75, 3.05) is 12.4 Å². The molecule has 0 radical (unpaired) electrons. The van der Waals surface area contributed by atoms with E-state index in [4.69, 9.17) is 4.74 Å². The van der Waals surface area contributed by atoms with Gasteiger partial charge < -0.3 is 10.1 Å². The lowest BCUT2D eigenvalue weighted by Gasteiger charge is -2.08. The van der Waals surface area contributed by atoms with Gasteiger partial charge in [-0.2, -0.15) is 4.98 Å². The van der Waals surface area contributed by atoms with E-state index in [0.717, 1.165) is 4.47 Å². The Morgan fingerprint density at radius 1 is 1.33 bits per heavy atom. The molecule has 2 aromatic rings. The molecule has 0 saturated carbocycles. The number of ether oxygens (including phenoxy) is 1. The summed E-state index contributed by atoms with van der Waals surface area (Å²) in [5, 5.41) is 2.79. The van der Waals surface area contributed by atoms with Crippen LogP contribution in [0.3, 0.4) is 0 Å². The minimum absolute atomic E-state index is 0.257. The van der Waals surface area contributed by atoms with Crippen LogP contribution < -0.4 is 10.1 Å². The van der Waals surface area contributed by atoms with Crippen molar-refractivity contribution in [1.82, 2.24) is 9.97 Å². The van der Waals surface area contributed by atoms with E-state index in [0.29, 0.717) is 10.4 Å². The predicted molar refractivity (Wildman–Crippen MR) is 73.7 cm³/mol. The Hall–Kier alpha value is -1.21. The van der Waals surface area contributed by atoms with Gasteiger partial charge in [0, 0.05) is 4.47 Å². The molecule has 1 heterocycles. The van der Waals surface area contributed by atoms with E-state index in [1.54, 1.807) is 12.1 Å². The van der Waals surface area contributed by atoms with Crippen molar-refractivity contribution in [3.05, 3.63) is 39.2 Å². The van der Waals surface area contributed by atoms with Crippen LogP contribution in [0.5, 0.6) is 5.88 Å². The lowest BCUT2D eigenvalue weighted by atomic mass is 10.3. The van der Waals surface area contributed by atoms with Crippen molar-refractivity contribution in [3.8, 4) is 5.88 Å². The van der Waals surface area contributed by atoms with E-state index in [-0.39, 0.29) is 17.5 Å². The van der Waals surface area contributed by atoms with Gasteiger partial charge in [-0.05, 0) is 34.1 Å². The lowest BCUT2D eigenvalue weighted by molar-refractivity contribution is 0.394. The molecule has 94 valence electrons. The van der Waals surface area contributed by atoms with Gasteiger partial charge in [0.2, 0.25) is 11.8 Å². The fourth-order valence-electron chi connectivity index (χ4n) is 1.27. The number of hydrogen-bond acceptors (Lipinski definition) is 4. The normalized spacial score (nSPS) is 10.2. The molecule has 7 heteroatoms. The number of methoxy groups -OCH3 is 1. The molecule has 0 unspecified atom stereocenters. The highest BCUT2D eigenvalue weighted by molar-refractivity contribution is 9.10. The van der Waals surface area contributed by atoms with Crippen molar-refractivity contribution >= 4 is 43.5 Å². The smallest absolute Gasteiger partial charge is 0.232 e. The van der Waals surface area contributed by atoms with Crippen LogP contribution in [0, 0.1) is 5.82 Å². The third-order valence-corrected chi connectivity index (χ3v) is 3.12.